The van der Waals surface area contributed by atoms with Crippen LogP contribution >= 0.6 is 0 Å². The maximum absolute atomic E-state index is 13.5. The lowest BCUT2D eigenvalue weighted by Gasteiger charge is -1.99. The molecule has 0 radical (unpaired) electrons. The van der Waals surface area contributed by atoms with Crippen molar-refractivity contribution in [2.75, 3.05) is 0 Å². The summed E-state index contributed by atoms with van der Waals surface area (Å²) < 4.78 is 18.6. The van der Waals surface area contributed by atoms with E-state index in [2.05, 4.69) is 24.0 Å². The molecule has 0 atom stereocenters. The van der Waals surface area contributed by atoms with Gasteiger partial charge in [0.1, 0.15) is 17.4 Å². The molecule has 0 saturated carbocycles. The fraction of sp³-hybridized carbons (Fsp3) is 0.357. The van der Waals surface area contributed by atoms with E-state index in [4.69, 9.17) is 9.78 Å². The highest BCUT2D eigenvalue weighted by Crippen LogP contribution is 2.23. The Balaban J connectivity index is 2.29. The molecule has 1 aromatic carbocycles. The third-order valence-corrected chi connectivity index (χ3v) is 2.77. The highest BCUT2D eigenvalue weighted by molar-refractivity contribution is 5.63. The number of rotatable bonds is 4. The number of aromatic nitrogens is 2. The van der Waals surface area contributed by atoms with E-state index < -0.39 is 5.82 Å². The Bertz CT molecular complexity index is 613. The van der Waals surface area contributed by atoms with Crippen LogP contribution in [0.25, 0.3) is 11.5 Å². The second-order valence-corrected chi connectivity index (χ2v) is 4.72. The lowest BCUT2D eigenvalue weighted by molar-refractivity contribution is 0.418. The molecular weight excluding hydrogens is 245 g/mol. The zero-order chi connectivity index (χ0) is 13.8. The highest BCUT2D eigenvalue weighted by Gasteiger charge is 2.15. The first-order chi connectivity index (χ1) is 9.11. The van der Waals surface area contributed by atoms with Gasteiger partial charge in [-0.2, -0.15) is 10.2 Å². The van der Waals surface area contributed by atoms with Gasteiger partial charge in [-0.05, 0) is 24.5 Å². The maximum atomic E-state index is 13.5. The van der Waals surface area contributed by atoms with Gasteiger partial charge in [-0.15, -0.1) is 0 Å². The Morgan fingerprint density at radius 1 is 1.42 bits per heavy atom. The zero-order valence-corrected chi connectivity index (χ0v) is 10.9. The first kappa shape index (κ1) is 13.2. The van der Waals surface area contributed by atoms with Gasteiger partial charge in [0.15, 0.2) is 5.82 Å². The van der Waals surface area contributed by atoms with Gasteiger partial charge in [0.05, 0.1) is 5.56 Å². The number of benzene rings is 1. The summed E-state index contributed by atoms with van der Waals surface area (Å²) in [5.41, 5.74) is 0.271. The van der Waals surface area contributed by atoms with Crippen LogP contribution in [0.4, 0.5) is 4.39 Å². The number of nitriles is 1. The lowest BCUT2D eigenvalue weighted by Crippen LogP contribution is -1.94. The summed E-state index contributed by atoms with van der Waals surface area (Å²) in [5, 5.41) is 12.8. The number of halogens is 1. The van der Waals surface area contributed by atoms with Gasteiger partial charge in [0.2, 0.25) is 0 Å². The van der Waals surface area contributed by atoms with Gasteiger partial charge in [0.25, 0.3) is 5.89 Å². The normalized spacial score (nSPS) is 10.7. The van der Waals surface area contributed by atoms with Crippen molar-refractivity contribution in [1.29, 1.82) is 5.26 Å². The minimum atomic E-state index is -0.582. The number of aryl methyl sites for hydroxylation is 1. The molecule has 0 aliphatic heterocycles. The molecule has 0 fully saturated rings. The summed E-state index contributed by atoms with van der Waals surface area (Å²) in [7, 11) is 0. The molecule has 0 saturated heterocycles. The molecular formula is C14H14FN3O. The number of hydrogen-bond donors (Lipinski definition) is 0. The first-order valence-corrected chi connectivity index (χ1v) is 6.13. The predicted molar refractivity (Wildman–Crippen MR) is 67.6 cm³/mol. The van der Waals surface area contributed by atoms with Crippen LogP contribution in [0.15, 0.2) is 22.7 Å². The van der Waals surface area contributed by atoms with Crippen LogP contribution < -0.4 is 0 Å². The molecule has 5 heteroatoms. The molecule has 1 heterocycles. The fourth-order valence-electron chi connectivity index (χ4n) is 1.70. The zero-order valence-electron chi connectivity index (χ0n) is 10.9. The largest absolute Gasteiger partial charge is 0.334 e. The van der Waals surface area contributed by atoms with E-state index in [0.29, 0.717) is 23.7 Å². The minimum Gasteiger partial charge on any atom is -0.334 e. The third-order valence-electron chi connectivity index (χ3n) is 2.77. The van der Waals surface area contributed by atoms with Crippen molar-refractivity contribution in [2.24, 2.45) is 5.92 Å². The van der Waals surface area contributed by atoms with Gasteiger partial charge in [-0.25, -0.2) is 4.39 Å². The monoisotopic (exact) mass is 259 g/mol. The molecule has 0 N–H and O–H groups in total. The van der Waals surface area contributed by atoms with E-state index in [-0.39, 0.29) is 11.5 Å². The Morgan fingerprint density at radius 3 is 2.89 bits per heavy atom. The third kappa shape index (κ3) is 2.97. The lowest BCUT2D eigenvalue weighted by atomic mass is 10.1. The van der Waals surface area contributed by atoms with E-state index in [1.165, 1.54) is 12.1 Å². The standard InChI is InChI=1S/C14H14FN3O/c1-9(2)6-7-13-17-14(19-18-13)10-4-3-5-12(15)11(10)8-16/h3-5,9H,6-7H2,1-2H3. The molecule has 0 unspecified atom stereocenters. The Kier molecular flexibility index (Phi) is 3.91. The van der Waals surface area contributed by atoms with Crippen molar-refractivity contribution in [3.05, 3.63) is 35.4 Å². The van der Waals surface area contributed by atoms with E-state index in [9.17, 15) is 4.39 Å². The van der Waals surface area contributed by atoms with Crippen molar-refractivity contribution >= 4 is 0 Å². The molecule has 0 amide bonds. The molecule has 2 rings (SSSR count). The van der Waals surface area contributed by atoms with Crippen molar-refractivity contribution in [1.82, 2.24) is 10.1 Å². The van der Waals surface area contributed by atoms with Gasteiger partial charge >= 0.3 is 0 Å². The van der Waals surface area contributed by atoms with E-state index in [1.54, 1.807) is 6.07 Å². The molecule has 1 aromatic heterocycles. The van der Waals surface area contributed by atoms with Crippen LogP contribution in [-0.2, 0) is 6.42 Å². The Labute approximate surface area is 110 Å². The summed E-state index contributed by atoms with van der Waals surface area (Å²) in [5.74, 6) is 0.736. The summed E-state index contributed by atoms with van der Waals surface area (Å²) in [6.45, 7) is 4.22. The predicted octanol–water partition coefficient (Wildman–Crippen LogP) is 3.34. The highest BCUT2D eigenvalue weighted by atomic mass is 19.1. The topological polar surface area (TPSA) is 62.7 Å². The Morgan fingerprint density at radius 2 is 2.21 bits per heavy atom. The van der Waals surface area contributed by atoms with Crippen LogP contribution in [0.2, 0.25) is 0 Å². The van der Waals surface area contributed by atoms with Crippen molar-refractivity contribution in [2.45, 2.75) is 26.7 Å². The summed E-state index contributed by atoms with van der Waals surface area (Å²) in [6, 6.07) is 6.17. The average Bonchev–Trinajstić information content (AvgIpc) is 2.84. The van der Waals surface area contributed by atoms with Crippen LogP contribution in [-0.4, -0.2) is 10.1 Å². The molecule has 4 nitrogen and oxygen atoms in total. The SMILES string of the molecule is CC(C)CCc1noc(-c2cccc(F)c2C#N)n1. The first-order valence-electron chi connectivity index (χ1n) is 6.13. The fourth-order valence-corrected chi connectivity index (χ4v) is 1.70. The minimum absolute atomic E-state index is 0.0680. The number of hydrogen-bond acceptors (Lipinski definition) is 4. The van der Waals surface area contributed by atoms with Crippen LogP contribution in [0, 0.1) is 23.1 Å². The van der Waals surface area contributed by atoms with E-state index >= 15 is 0 Å². The van der Waals surface area contributed by atoms with Crippen molar-refractivity contribution in [3.8, 4) is 17.5 Å². The second kappa shape index (κ2) is 5.61. The molecule has 0 aliphatic rings. The van der Waals surface area contributed by atoms with Crippen molar-refractivity contribution in [3.63, 3.8) is 0 Å². The molecule has 0 aliphatic carbocycles. The van der Waals surface area contributed by atoms with Gasteiger partial charge < -0.3 is 4.52 Å². The Hall–Kier alpha value is -2.22. The summed E-state index contributed by atoms with van der Waals surface area (Å²) in [4.78, 5) is 4.21. The average molecular weight is 259 g/mol. The number of nitrogens with zero attached hydrogens (tertiary/aromatic N) is 3. The van der Waals surface area contributed by atoms with Crippen molar-refractivity contribution < 1.29 is 8.91 Å². The molecule has 0 spiro atoms. The summed E-state index contributed by atoms with van der Waals surface area (Å²) >= 11 is 0. The van der Waals surface area contributed by atoms with E-state index in [0.717, 1.165) is 6.42 Å². The van der Waals surface area contributed by atoms with Gasteiger partial charge in [0, 0.05) is 6.42 Å². The van der Waals surface area contributed by atoms with Crippen LogP contribution in [0.1, 0.15) is 31.7 Å². The summed E-state index contributed by atoms with van der Waals surface area (Å²) in [6.07, 6.45) is 1.66. The van der Waals surface area contributed by atoms with Gasteiger partial charge in [-0.1, -0.05) is 25.1 Å². The van der Waals surface area contributed by atoms with Crippen LogP contribution in [0.5, 0.6) is 0 Å². The van der Waals surface area contributed by atoms with E-state index in [1.807, 2.05) is 6.07 Å². The molecule has 2 aromatic rings. The molecule has 98 valence electrons. The van der Waals surface area contributed by atoms with Gasteiger partial charge in [-0.3, -0.25) is 0 Å². The second-order valence-electron chi connectivity index (χ2n) is 4.72. The quantitative estimate of drug-likeness (QED) is 0.844. The molecule has 19 heavy (non-hydrogen) atoms. The maximum Gasteiger partial charge on any atom is 0.259 e. The smallest absolute Gasteiger partial charge is 0.259 e. The van der Waals surface area contributed by atoms with Crippen LogP contribution in [0.3, 0.4) is 0 Å². The molecule has 0 bridgehead atoms.